The van der Waals surface area contributed by atoms with Gasteiger partial charge in [-0.05, 0) is 61.9 Å². The SMILES string of the molecule is O=C(Nc1ccc(N2CCCCC2)c(Cl)c1)N(Cc1cccnc1)CC1CCCO1. The van der Waals surface area contributed by atoms with Crippen molar-refractivity contribution in [3.8, 4) is 0 Å². The van der Waals surface area contributed by atoms with Gasteiger partial charge in [0.05, 0.1) is 16.8 Å². The summed E-state index contributed by atoms with van der Waals surface area (Å²) in [6.45, 7) is 3.87. The molecule has 6 nitrogen and oxygen atoms in total. The van der Waals surface area contributed by atoms with Crippen molar-refractivity contribution < 1.29 is 9.53 Å². The highest BCUT2D eigenvalue weighted by Crippen LogP contribution is 2.31. The predicted octanol–water partition coefficient (Wildman–Crippen LogP) is 4.94. The Morgan fingerprint density at radius 1 is 1.23 bits per heavy atom. The van der Waals surface area contributed by atoms with E-state index >= 15 is 0 Å². The Kier molecular flexibility index (Phi) is 7.07. The van der Waals surface area contributed by atoms with E-state index in [1.165, 1.54) is 19.3 Å². The van der Waals surface area contributed by atoms with Gasteiger partial charge in [0, 0.05) is 50.9 Å². The number of nitrogens with one attached hydrogen (secondary N) is 1. The van der Waals surface area contributed by atoms with Gasteiger partial charge in [0.2, 0.25) is 0 Å². The highest BCUT2D eigenvalue weighted by Gasteiger charge is 2.23. The van der Waals surface area contributed by atoms with Crippen molar-refractivity contribution >= 4 is 29.0 Å². The van der Waals surface area contributed by atoms with E-state index in [4.69, 9.17) is 16.3 Å². The number of amides is 2. The minimum absolute atomic E-state index is 0.0810. The lowest BCUT2D eigenvalue weighted by Gasteiger charge is -2.30. The molecule has 2 amide bonds. The van der Waals surface area contributed by atoms with Crippen LogP contribution in [0.1, 0.15) is 37.7 Å². The number of pyridine rings is 1. The fraction of sp³-hybridized carbons (Fsp3) is 0.478. The Morgan fingerprint density at radius 3 is 2.80 bits per heavy atom. The van der Waals surface area contributed by atoms with Crippen LogP contribution in [0.5, 0.6) is 0 Å². The first-order valence-electron chi connectivity index (χ1n) is 10.8. The molecule has 0 saturated carbocycles. The van der Waals surface area contributed by atoms with Gasteiger partial charge >= 0.3 is 6.03 Å². The molecular formula is C23H29ClN4O2. The molecule has 160 valence electrons. The van der Waals surface area contributed by atoms with E-state index in [1.807, 2.05) is 30.3 Å². The van der Waals surface area contributed by atoms with Crippen LogP contribution in [-0.2, 0) is 11.3 Å². The molecule has 0 spiro atoms. The molecule has 30 heavy (non-hydrogen) atoms. The van der Waals surface area contributed by atoms with Gasteiger partial charge in [0.25, 0.3) is 0 Å². The molecule has 2 aliphatic heterocycles. The Labute approximate surface area is 183 Å². The Bertz CT molecular complexity index is 836. The molecule has 1 atom stereocenters. The van der Waals surface area contributed by atoms with Crippen molar-refractivity contribution in [2.24, 2.45) is 0 Å². The molecular weight excluding hydrogens is 400 g/mol. The molecule has 2 saturated heterocycles. The van der Waals surface area contributed by atoms with Gasteiger partial charge in [-0.2, -0.15) is 0 Å². The zero-order chi connectivity index (χ0) is 20.8. The monoisotopic (exact) mass is 428 g/mol. The van der Waals surface area contributed by atoms with E-state index < -0.39 is 0 Å². The Balaban J connectivity index is 1.44. The molecule has 2 fully saturated rings. The number of ether oxygens (including phenoxy) is 1. The Morgan fingerprint density at radius 2 is 2.10 bits per heavy atom. The van der Waals surface area contributed by atoms with E-state index in [0.717, 1.165) is 43.8 Å². The second-order valence-corrected chi connectivity index (χ2v) is 8.43. The van der Waals surface area contributed by atoms with Crippen molar-refractivity contribution in [1.29, 1.82) is 0 Å². The minimum Gasteiger partial charge on any atom is -0.376 e. The van der Waals surface area contributed by atoms with Crippen molar-refractivity contribution in [2.75, 3.05) is 36.5 Å². The summed E-state index contributed by atoms with van der Waals surface area (Å²) >= 11 is 6.56. The van der Waals surface area contributed by atoms with Gasteiger partial charge in [-0.25, -0.2) is 4.79 Å². The van der Waals surface area contributed by atoms with Gasteiger partial charge in [0.1, 0.15) is 0 Å². The van der Waals surface area contributed by atoms with Gasteiger partial charge in [-0.15, -0.1) is 0 Å². The lowest BCUT2D eigenvalue weighted by Crippen LogP contribution is -2.39. The molecule has 4 rings (SSSR count). The quantitative estimate of drug-likeness (QED) is 0.708. The number of piperidine rings is 1. The number of carbonyl (C=O) groups excluding carboxylic acids is 1. The molecule has 0 bridgehead atoms. The van der Waals surface area contributed by atoms with Crippen LogP contribution in [-0.4, -0.2) is 48.3 Å². The van der Waals surface area contributed by atoms with Crippen LogP contribution in [0.3, 0.4) is 0 Å². The summed E-state index contributed by atoms with van der Waals surface area (Å²) in [5.41, 5.74) is 2.74. The van der Waals surface area contributed by atoms with Gasteiger partial charge in [-0.3, -0.25) is 4.98 Å². The second kappa shape index (κ2) is 10.1. The van der Waals surface area contributed by atoms with Crippen molar-refractivity contribution in [2.45, 2.75) is 44.8 Å². The number of hydrogen-bond donors (Lipinski definition) is 1. The van der Waals surface area contributed by atoms with E-state index in [9.17, 15) is 4.79 Å². The third kappa shape index (κ3) is 5.43. The normalized spacial score (nSPS) is 19.0. The molecule has 1 aromatic carbocycles. The maximum atomic E-state index is 13.1. The third-order valence-electron chi connectivity index (χ3n) is 5.73. The summed E-state index contributed by atoms with van der Waals surface area (Å²) in [5, 5.41) is 3.69. The number of aromatic nitrogens is 1. The molecule has 7 heteroatoms. The second-order valence-electron chi connectivity index (χ2n) is 8.02. The number of carbonyl (C=O) groups is 1. The summed E-state index contributed by atoms with van der Waals surface area (Å²) in [6, 6.07) is 9.49. The van der Waals surface area contributed by atoms with Crippen LogP contribution in [0.25, 0.3) is 0 Å². The van der Waals surface area contributed by atoms with Crippen molar-refractivity contribution in [1.82, 2.24) is 9.88 Å². The number of hydrogen-bond acceptors (Lipinski definition) is 4. The first-order valence-corrected chi connectivity index (χ1v) is 11.2. The lowest BCUT2D eigenvalue weighted by atomic mass is 10.1. The number of anilines is 2. The molecule has 2 aromatic rings. The number of rotatable bonds is 6. The number of nitrogens with zero attached hydrogens (tertiary/aromatic N) is 3. The lowest BCUT2D eigenvalue weighted by molar-refractivity contribution is 0.0819. The average Bonchev–Trinajstić information content (AvgIpc) is 3.28. The summed E-state index contributed by atoms with van der Waals surface area (Å²) in [5.74, 6) is 0. The molecule has 1 unspecified atom stereocenters. The first-order chi connectivity index (χ1) is 14.7. The van der Waals surface area contributed by atoms with E-state index in [1.54, 1.807) is 17.3 Å². The highest BCUT2D eigenvalue weighted by atomic mass is 35.5. The van der Waals surface area contributed by atoms with Crippen LogP contribution in [0.15, 0.2) is 42.7 Å². The van der Waals surface area contributed by atoms with Crippen LogP contribution in [0.2, 0.25) is 5.02 Å². The largest absolute Gasteiger partial charge is 0.376 e. The minimum atomic E-state index is -0.156. The van der Waals surface area contributed by atoms with Crippen LogP contribution < -0.4 is 10.2 Å². The van der Waals surface area contributed by atoms with Gasteiger partial charge in [-0.1, -0.05) is 17.7 Å². The Hall–Kier alpha value is -2.31. The van der Waals surface area contributed by atoms with Crippen LogP contribution >= 0.6 is 11.6 Å². The van der Waals surface area contributed by atoms with Gasteiger partial charge in [0.15, 0.2) is 0 Å². The molecule has 2 aliphatic rings. The summed E-state index contributed by atoms with van der Waals surface area (Å²) in [7, 11) is 0. The number of halogens is 1. The molecule has 1 aromatic heterocycles. The fourth-order valence-electron chi connectivity index (χ4n) is 4.14. The summed E-state index contributed by atoms with van der Waals surface area (Å²) in [6.07, 6.45) is 9.30. The van der Waals surface area contributed by atoms with Crippen molar-refractivity contribution in [3.05, 3.63) is 53.3 Å². The topological polar surface area (TPSA) is 57.7 Å². The van der Waals surface area contributed by atoms with Crippen LogP contribution in [0, 0.1) is 0 Å². The molecule has 0 radical (unpaired) electrons. The van der Waals surface area contributed by atoms with Gasteiger partial charge < -0.3 is 19.9 Å². The zero-order valence-corrected chi connectivity index (χ0v) is 18.0. The van der Waals surface area contributed by atoms with E-state index in [2.05, 4.69) is 15.2 Å². The van der Waals surface area contributed by atoms with E-state index in [-0.39, 0.29) is 12.1 Å². The summed E-state index contributed by atoms with van der Waals surface area (Å²) in [4.78, 5) is 21.4. The van der Waals surface area contributed by atoms with Crippen LogP contribution in [0.4, 0.5) is 16.2 Å². The summed E-state index contributed by atoms with van der Waals surface area (Å²) < 4.78 is 5.76. The standard InChI is InChI=1S/C23H29ClN4O2/c24-21-14-19(8-9-22(21)27-11-2-1-3-12-27)26-23(29)28(17-20-7-5-13-30-20)16-18-6-4-10-25-15-18/h4,6,8-10,14-15,20H,1-3,5,7,11-13,16-17H2,(H,26,29). The maximum Gasteiger partial charge on any atom is 0.322 e. The molecule has 3 heterocycles. The predicted molar refractivity (Wildman–Crippen MR) is 120 cm³/mol. The van der Waals surface area contributed by atoms with E-state index in [0.29, 0.717) is 23.8 Å². The third-order valence-corrected chi connectivity index (χ3v) is 6.03. The fourth-order valence-corrected chi connectivity index (χ4v) is 4.44. The number of urea groups is 1. The molecule has 1 N–H and O–H groups in total. The molecule has 0 aliphatic carbocycles. The van der Waals surface area contributed by atoms with Crippen molar-refractivity contribution in [3.63, 3.8) is 0 Å². The smallest absolute Gasteiger partial charge is 0.322 e. The number of benzene rings is 1. The zero-order valence-electron chi connectivity index (χ0n) is 17.2. The average molecular weight is 429 g/mol. The highest BCUT2D eigenvalue weighted by molar-refractivity contribution is 6.33. The first kappa shape index (κ1) is 20.9. The maximum absolute atomic E-state index is 13.1.